The average molecular weight is 360 g/mol. The Balaban J connectivity index is 2.19. The fraction of sp³-hybridized carbons (Fsp3) is 0.214. The molecule has 1 N–H and O–H groups in total. The van der Waals surface area contributed by atoms with Crippen LogP contribution < -0.4 is 10.1 Å². The van der Waals surface area contributed by atoms with Gasteiger partial charge in [-0.2, -0.15) is 0 Å². The summed E-state index contributed by atoms with van der Waals surface area (Å²) in [6.07, 6.45) is 1.65. The molecule has 0 bridgehead atoms. The molecule has 0 aliphatic rings. The molecule has 0 saturated heterocycles. The normalized spacial score (nSPS) is 10.6. The second kappa shape index (κ2) is 7.02. The van der Waals surface area contributed by atoms with Gasteiger partial charge in [-0.15, -0.1) is 0 Å². The van der Waals surface area contributed by atoms with Gasteiger partial charge in [0, 0.05) is 24.9 Å². The minimum Gasteiger partial charge on any atom is -0.456 e. The van der Waals surface area contributed by atoms with Gasteiger partial charge < -0.3 is 10.1 Å². The number of nitrogens with zero attached hydrogens (tertiary/aromatic N) is 1. The molecule has 1 heterocycles. The van der Waals surface area contributed by atoms with E-state index in [0.29, 0.717) is 22.5 Å². The summed E-state index contributed by atoms with van der Waals surface area (Å²) in [4.78, 5) is 4.22. The molecular weight excluding hydrogens is 347 g/mol. The van der Waals surface area contributed by atoms with Crippen molar-refractivity contribution >= 4 is 27.5 Å². The Morgan fingerprint density at radius 2 is 2.20 bits per heavy atom. The van der Waals surface area contributed by atoms with E-state index in [1.807, 2.05) is 13.0 Å². The van der Waals surface area contributed by atoms with Gasteiger partial charge in [-0.3, -0.25) is 4.98 Å². The minimum atomic E-state index is -0.521. The molecule has 1 aromatic carbocycles. The van der Waals surface area contributed by atoms with Gasteiger partial charge in [-0.25, -0.2) is 4.39 Å². The van der Waals surface area contributed by atoms with Crippen molar-refractivity contribution in [2.45, 2.75) is 13.5 Å². The summed E-state index contributed by atoms with van der Waals surface area (Å²) in [5.41, 5.74) is 0.856. The second-order valence-electron chi connectivity index (χ2n) is 4.06. The third-order valence-corrected chi connectivity index (χ3v) is 3.46. The molecule has 6 heteroatoms. The van der Waals surface area contributed by atoms with Crippen LogP contribution in [0.25, 0.3) is 0 Å². The molecule has 1 aromatic heterocycles. The fourth-order valence-corrected chi connectivity index (χ4v) is 2.30. The summed E-state index contributed by atoms with van der Waals surface area (Å²) < 4.78 is 19.7. The molecule has 0 fully saturated rings. The maximum atomic E-state index is 13.5. The molecule has 0 radical (unpaired) electrons. The smallest absolute Gasteiger partial charge is 0.145 e. The molecule has 0 unspecified atom stereocenters. The van der Waals surface area contributed by atoms with Gasteiger partial charge in [-0.1, -0.05) is 18.5 Å². The highest BCUT2D eigenvalue weighted by molar-refractivity contribution is 9.10. The van der Waals surface area contributed by atoms with E-state index in [0.717, 1.165) is 12.2 Å². The lowest BCUT2D eigenvalue weighted by atomic mass is 10.3. The minimum absolute atomic E-state index is 0.0480. The molecule has 3 nitrogen and oxygen atoms in total. The third-order valence-electron chi connectivity index (χ3n) is 2.55. The number of ether oxygens (including phenoxy) is 1. The van der Waals surface area contributed by atoms with E-state index < -0.39 is 5.82 Å². The van der Waals surface area contributed by atoms with E-state index in [1.165, 1.54) is 12.1 Å². The Morgan fingerprint density at radius 1 is 1.40 bits per heavy atom. The van der Waals surface area contributed by atoms with Crippen LogP contribution in [0.3, 0.4) is 0 Å². The van der Waals surface area contributed by atoms with Gasteiger partial charge in [0.25, 0.3) is 0 Å². The summed E-state index contributed by atoms with van der Waals surface area (Å²) in [7, 11) is 0. The summed E-state index contributed by atoms with van der Waals surface area (Å²) in [6, 6.07) is 6.24. The van der Waals surface area contributed by atoms with Crippen molar-refractivity contribution in [1.29, 1.82) is 0 Å². The summed E-state index contributed by atoms with van der Waals surface area (Å²) in [6.45, 7) is 3.54. The monoisotopic (exact) mass is 358 g/mol. The zero-order chi connectivity index (χ0) is 14.5. The van der Waals surface area contributed by atoms with E-state index in [1.54, 1.807) is 12.3 Å². The molecule has 0 amide bonds. The van der Waals surface area contributed by atoms with Crippen molar-refractivity contribution in [2.75, 3.05) is 6.54 Å². The van der Waals surface area contributed by atoms with E-state index in [9.17, 15) is 4.39 Å². The first-order chi connectivity index (χ1) is 9.60. The number of hydrogen-bond acceptors (Lipinski definition) is 3. The van der Waals surface area contributed by atoms with E-state index in [-0.39, 0.29) is 5.02 Å². The van der Waals surface area contributed by atoms with Crippen molar-refractivity contribution in [3.8, 4) is 11.5 Å². The van der Waals surface area contributed by atoms with Crippen molar-refractivity contribution in [1.82, 2.24) is 10.3 Å². The molecule has 106 valence electrons. The molecule has 0 saturated carbocycles. The zero-order valence-corrected chi connectivity index (χ0v) is 13.1. The lowest BCUT2D eigenvalue weighted by molar-refractivity contribution is 0.471. The van der Waals surface area contributed by atoms with E-state index in [4.69, 9.17) is 16.3 Å². The third kappa shape index (κ3) is 3.91. The molecule has 2 rings (SSSR count). The van der Waals surface area contributed by atoms with Crippen LogP contribution in [0.15, 0.2) is 34.9 Å². The predicted molar refractivity (Wildman–Crippen MR) is 80.8 cm³/mol. The summed E-state index contributed by atoms with van der Waals surface area (Å²) in [5.74, 6) is 0.439. The first-order valence-electron chi connectivity index (χ1n) is 6.08. The van der Waals surface area contributed by atoms with Crippen LogP contribution in [0.4, 0.5) is 4.39 Å². The Bertz CT molecular complexity index is 610. The standard InChI is InChI=1S/C14H13BrClFN2O/c1-2-18-8-9-5-10(3-4-19-9)20-14-7-13(17)12(16)6-11(14)15/h3-7,18H,2,8H2,1H3. The Hall–Kier alpha value is -1.17. The van der Waals surface area contributed by atoms with Crippen molar-refractivity contribution in [3.05, 3.63) is 51.5 Å². The number of halogens is 3. The Labute approximate surface area is 130 Å². The average Bonchev–Trinajstić information content (AvgIpc) is 2.43. The van der Waals surface area contributed by atoms with Crippen molar-refractivity contribution in [2.24, 2.45) is 0 Å². The van der Waals surface area contributed by atoms with E-state index >= 15 is 0 Å². The van der Waals surface area contributed by atoms with Crippen LogP contribution in [0, 0.1) is 5.82 Å². The summed E-state index contributed by atoms with van der Waals surface area (Å²) in [5, 5.41) is 3.23. The largest absolute Gasteiger partial charge is 0.456 e. The van der Waals surface area contributed by atoms with Gasteiger partial charge >= 0.3 is 0 Å². The first kappa shape index (κ1) is 15.2. The maximum Gasteiger partial charge on any atom is 0.145 e. The van der Waals surface area contributed by atoms with Crippen molar-refractivity contribution in [3.63, 3.8) is 0 Å². The molecule has 0 aliphatic carbocycles. The Morgan fingerprint density at radius 3 is 2.95 bits per heavy atom. The zero-order valence-electron chi connectivity index (χ0n) is 10.8. The number of rotatable bonds is 5. The van der Waals surface area contributed by atoms with Crippen LogP contribution in [-0.2, 0) is 6.54 Å². The van der Waals surface area contributed by atoms with Crippen LogP contribution in [0.5, 0.6) is 11.5 Å². The first-order valence-corrected chi connectivity index (χ1v) is 7.25. The lowest BCUT2D eigenvalue weighted by Crippen LogP contribution is -2.12. The fourth-order valence-electron chi connectivity index (χ4n) is 1.58. The molecule has 0 spiro atoms. The van der Waals surface area contributed by atoms with Crippen LogP contribution in [0.1, 0.15) is 12.6 Å². The predicted octanol–water partition coefficient (Wildman–Crippen LogP) is 4.54. The molecule has 0 atom stereocenters. The lowest BCUT2D eigenvalue weighted by Gasteiger charge is -2.10. The van der Waals surface area contributed by atoms with Gasteiger partial charge in [0.05, 0.1) is 15.2 Å². The van der Waals surface area contributed by atoms with Gasteiger partial charge in [0.2, 0.25) is 0 Å². The van der Waals surface area contributed by atoms with Crippen LogP contribution in [-0.4, -0.2) is 11.5 Å². The van der Waals surface area contributed by atoms with Crippen LogP contribution in [0.2, 0.25) is 5.02 Å². The quantitative estimate of drug-likeness (QED) is 0.796. The molecule has 20 heavy (non-hydrogen) atoms. The van der Waals surface area contributed by atoms with Crippen molar-refractivity contribution < 1.29 is 9.13 Å². The van der Waals surface area contributed by atoms with Gasteiger partial charge in [-0.05, 0) is 34.6 Å². The van der Waals surface area contributed by atoms with Gasteiger partial charge in [0.1, 0.15) is 17.3 Å². The Kier molecular flexibility index (Phi) is 5.34. The van der Waals surface area contributed by atoms with Crippen LogP contribution >= 0.6 is 27.5 Å². The highest BCUT2D eigenvalue weighted by Crippen LogP contribution is 2.33. The van der Waals surface area contributed by atoms with Gasteiger partial charge in [0.15, 0.2) is 0 Å². The number of hydrogen-bond donors (Lipinski definition) is 1. The molecule has 0 aliphatic heterocycles. The SMILES string of the molecule is CCNCc1cc(Oc2cc(F)c(Cl)cc2Br)ccn1. The second-order valence-corrected chi connectivity index (χ2v) is 5.32. The topological polar surface area (TPSA) is 34.1 Å². The number of pyridine rings is 1. The molecule has 2 aromatic rings. The number of benzene rings is 1. The summed E-state index contributed by atoms with van der Waals surface area (Å²) >= 11 is 8.99. The number of nitrogens with one attached hydrogen (secondary N) is 1. The highest BCUT2D eigenvalue weighted by atomic mass is 79.9. The maximum absolute atomic E-state index is 13.5. The highest BCUT2D eigenvalue weighted by Gasteiger charge is 2.09. The molecular formula is C14H13BrClFN2O. The van der Waals surface area contributed by atoms with E-state index in [2.05, 4.69) is 26.2 Å². The number of aromatic nitrogens is 1.